The number of amides is 1. The normalized spacial score (nSPS) is 9.87. The van der Waals surface area contributed by atoms with E-state index in [-0.39, 0.29) is 5.91 Å². The van der Waals surface area contributed by atoms with Crippen LogP contribution in [-0.4, -0.2) is 25.1 Å². The van der Waals surface area contributed by atoms with Gasteiger partial charge >= 0.3 is 0 Å². The van der Waals surface area contributed by atoms with Crippen molar-refractivity contribution in [3.8, 4) is 11.5 Å². The summed E-state index contributed by atoms with van der Waals surface area (Å²) in [4.78, 5) is 16.1. The maximum absolute atomic E-state index is 12.0. The zero-order valence-electron chi connectivity index (χ0n) is 13.3. The number of hydrogen-bond donors (Lipinski definition) is 2. The first-order valence-electron chi connectivity index (χ1n) is 6.95. The molecule has 0 saturated heterocycles. The van der Waals surface area contributed by atoms with Crippen LogP contribution in [0.4, 0.5) is 0 Å². The molecule has 0 aliphatic heterocycles. The van der Waals surface area contributed by atoms with Crippen molar-refractivity contribution in [2.45, 2.75) is 6.92 Å². The van der Waals surface area contributed by atoms with Crippen molar-refractivity contribution in [2.24, 2.45) is 0 Å². The highest BCUT2D eigenvalue weighted by Gasteiger charge is 2.09. The van der Waals surface area contributed by atoms with E-state index in [1.807, 2.05) is 13.0 Å². The van der Waals surface area contributed by atoms with Crippen molar-refractivity contribution in [1.29, 1.82) is 0 Å². The second kappa shape index (κ2) is 7.31. The van der Waals surface area contributed by atoms with Crippen molar-refractivity contribution < 1.29 is 14.3 Å². The second-order valence-corrected chi connectivity index (χ2v) is 4.82. The molecule has 0 unspecified atom stereocenters. The molecule has 1 aromatic heterocycles. The summed E-state index contributed by atoms with van der Waals surface area (Å²) in [5.74, 6) is 0.917. The number of carbonyl (C=O) groups excluding carboxylic acids is 1. The molecule has 1 amide bonds. The summed E-state index contributed by atoms with van der Waals surface area (Å²) in [6.45, 7) is 5.76. The lowest BCUT2D eigenvalue weighted by molar-refractivity contribution is 0.0942. The Morgan fingerprint density at radius 3 is 2.35 bits per heavy atom. The lowest BCUT2D eigenvalue weighted by atomic mass is 10.1. The van der Waals surface area contributed by atoms with Crippen molar-refractivity contribution in [2.75, 3.05) is 14.2 Å². The summed E-state index contributed by atoms with van der Waals surface area (Å²) in [5, 5.41) is 0. The Kier molecular flexibility index (Phi) is 5.19. The Morgan fingerprint density at radius 2 is 1.74 bits per heavy atom. The number of aromatic nitrogens is 1. The Balaban J connectivity index is 2.02. The van der Waals surface area contributed by atoms with Gasteiger partial charge in [0.1, 0.15) is 0 Å². The van der Waals surface area contributed by atoms with Crippen LogP contribution in [-0.2, 0) is 0 Å². The molecule has 0 saturated carbocycles. The molecule has 6 heteroatoms. The molecule has 2 rings (SSSR count). The largest absolute Gasteiger partial charge is 0.493 e. The van der Waals surface area contributed by atoms with Crippen LogP contribution in [0.25, 0.3) is 5.70 Å². The number of nitrogens with one attached hydrogen (secondary N) is 2. The van der Waals surface area contributed by atoms with Crippen LogP contribution >= 0.6 is 0 Å². The molecule has 0 spiro atoms. The van der Waals surface area contributed by atoms with E-state index >= 15 is 0 Å². The minimum absolute atomic E-state index is 0.292. The van der Waals surface area contributed by atoms with Crippen LogP contribution in [0, 0.1) is 6.92 Å². The predicted molar refractivity (Wildman–Crippen MR) is 88.2 cm³/mol. The number of carbonyl (C=O) groups is 1. The molecule has 2 aromatic rings. The summed E-state index contributed by atoms with van der Waals surface area (Å²) >= 11 is 0. The lowest BCUT2D eigenvalue weighted by Crippen LogP contribution is -2.35. The topological polar surface area (TPSA) is 72.5 Å². The smallest absolute Gasteiger partial charge is 0.271 e. The summed E-state index contributed by atoms with van der Waals surface area (Å²) in [7, 11) is 3.13. The van der Waals surface area contributed by atoms with E-state index in [4.69, 9.17) is 9.47 Å². The Labute approximate surface area is 135 Å². The van der Waals surface area contributed by atoms with Gasteiger partial charge in [0, 0.05) is 17.5 Å². The molecular formula is C17H19N3O3. The van der Waals surface area contributed by atoms with Gasteiger partial charge in [0.15, 0.2) is 11.5 Å². The average molecular weight is 313 g/mol. The van der Waals surface area contributed by atoms with E-state index < -0.39 is 0 Å². The molecule has 120 valence electrons. The van der Waals surface area contributed by atoms with Gasteiger partial charge in [-0.25, -0.2) is 0 Å². The fourth-order valence-corrected chi connectivity index (χ4v) is 1.90. The zero-order valence-corrected chi connectivity index (χ0v) is 13.3. The first kappa shape index (κ1) is 16.4. The SMILES string of the molecule is C=C(NNC(=O)c1ccc(C)nc1)c1ccc(OC)c(OC)c1. The average Bonchev–Trinajstić information content (AvgIpc) is 2.59. The standard InChI is InChI=1S/C17H19N3O3/c1-11-5-6-14(10-18-11)17(21)20-19-12(2)13-7-8-15(22-3)16(9-13)23-4/h5-10,19H,2H2,1,3-4H3,(H,20,21). The van der Waals surface area contributed by atoms with Gasteiger partial charge in [-0.1, -0.05) is 6.58 Å². The Hall–Kier alpha value is -3.02. The molecule has 1 heterocycles. The number of hydrazine groups is 1. The minimum atomic E-state index is -0.292. The van der Waals surface area contributed by atoms with Crippen LogP contribution in [0.5, 0.6) is 11.5 Å². The lowest BCUT2D eigenvalue weighted by Gasteiger charge is -2.13. The van der Waals surface area contributed by atoms with Gasteiger partial charge in [0.05, 0.1) is 25.5 Å². The molecule has 0 aliphatic carbocycles. The molecule has 6 nitrogen and oxygen atoms in total. The summed E-state index contributed by atoms with van der Waals surface area (Å²) in [6, 6.07) is 8.84. The van der Waals surface area contributed by atoms with Crippen molar-refractivity contribution in [3.63, 3.8) is 0 Å². The van der Waals surface area contributed by atoms with Gasteiger partial charge < -0.3 is 9.47 Å². The number of hydrogen-bond acceptors (Lipinski definition) is 5. The molecule has 1 aromatic carbocycles. The van der Waals surface area contributed by atoms with Crippen molar-refractivity contribution in [1.82, 2.24) is 15.8 Å². The third-order valence-electron chi connectivity index (χ3n) is 3.23. The van der Waals surface area contributed by atoms with Gasteiger partial charge in [-0.05, 0) is 37.3 Å². The van der Waals surface area contributed by atoms with Gasteiger partial charge in [0.2, 0.25) is 0 Å². The zero-order chi connectivity index (χ0) is 16.8. The number of benzene rings is 1. The van der Waals surface area contributed by atoms with E-state index in [1.54, 1.807) is 38.5 Å². The summed E-state index contributed by atoms with van der Waals surface area (Å²) < 4.78 is 10.4. The first-order chi connectivity index (χ1) is 11.0. The van der Waals surface area contributed by atoms with Crippen LogP contribution in [0.1, 0.15) is 21.6 Å². The van der Waals surface area contributed by atoms with Gasteiger partial charge in [-0.3, -0.25) is 20.6 Å². The molecule has 0 radical (unpaired) electrons. The molecular weight excluding hydrogens is 294 g/mol. The maximum Gasteiger partial charge on any atom is 0.271 e. The molecule has 2 N–H and O–H groups in total. The highest BCUT2D eigenvalue weighted by Crippen LogP contribution is 2.29. The van der Waals surface area contributed by atoms with E-state index in [0.717, 1.165) is 11.3 Å². The Bertz CT molecular complexity index is 712. The molecule has 0 aliphatic rings. The predicted octanol–water partition coefficient (Wildman–Crippen LogP) is 2.31. The second-order valence-electron chi connectivity index (χ2n) is 4.82. The maximum atomic E-state index is 12.0. The fraction of sp³-hybridized carbons (Fsp3) is 0.176. The van der Waals surface area contributed by atoms with Crippen molar-refractivity contribution in [3.05, 3.63) is 59.9 Å². The number of ether oxygens (including phenoxy) is 2. The van der Waals surface area contributed by atoms with Crippen molar-refractivity contribution >= 4 is 11.6 Å². The van der Waals surface area contributed by atoms with E-state index in [0.29, 0.717) is 22.8 Å². The first-order valence-corrected chi connectivity index (χ1v) is 6.95. The number of rotatable bonds is 6. The fourth-order valence-electron chi connectivity index (χ4n) is 1.90. The molecule has 0 bridgehead atoms. The number of pyridine rings is 1. The van der Waals surface area contributed by atoms with Gasteiger partial charge in [-0.15, -0.1) is 0 Å². The molecule has 0 fully saturated rings. The monoisotopic (exact) mass is 313 g/mol. The van der Waals surface area contributed by atoms with Crippen LogP contribution in [0.2, 0.25) is 0 Å². The molecule has 0 atom stereocenters. The highest BCUT2D eigenvalue weighted by atomic mass is 16.5. The third kappa shape index (κ3) is 4.00. The summed E-state index contributed by atoms with van der Waals surface area (Å²) in [6.07, 6.45) is 1.52. The summed E-state index contributed by atoms with van der Waals surface area (Å²) in [5.41, 5.74) is 7.97. The van der Waals surface area contributed by atoms with Crippen LogP contribution in [0.3, 0.4) is 0 Å². The quantitative estimate of drug-likeness (QED) is 0.801. The highest BCUT2D eigenvalue weighted by molar-refractivity contribution is 5.94. The van der Waals surface area contributed by atoms with Gasteiger partial charge in [0.25, 0.3) is 5.91 Å². The van der Waals surface area contributed by atoms with E-state index in [9.17, 15) is 4.79 Å². The van der Waals surface area contributed by atoms with E-state index in [1.165, 1.54) is 6.20 Å². The van der Waals surface area contributed by atoms with E-state index in [2.05, 4.69) is 22.4 Å². The Morgan fingerprint density at radius 1 is 1.04 bits per heavy atom. The number of aryl methyl sites for hydroxylation is 1. The molecule has 23 heavy (non-hydrogen) atoms. The third-order valence-corrected chi connectivity index (χ3v) is 3.23. The number of nitrogens with zero attached hydrogens (tertiary/aromatic N) is 1. The minimum Gasteiger partial charge on any atom is -0.493 e. The van der Waals surface area contributed by atoms with Gasteiger partial charge in [-0.2, -0.15) is 0 Å². The van der Waals surface area contributed by atoms with Crippen LogP contribution in [0.15, 0.2) is 43.1 Å². The number of methoxy groups -OCH3 is 2. The van der Waals surface area contributed by atoms with Crippen LogP contribution < -0.4 is 20.3 Å².